The largest absolute Gasteiger partial charge is 0.396 e. The quantitative estimate of drug-likeness (QED) is 0.519. The Labute approximate surface area is 119 Å². The van der Waals surface area contributed by atoms with E-state index in [1.54, 1.807) is 0 Å². The van der Waals surface area contributed by atoms with Gasteiger partial charge in [0, 0.05) is 12.5 Å². The number of aliphatic hydroxyl groups is 3. The number of nitrogen functional groups attached to an aromatic ring is 1. The Morgan fingerprint density at radius 3 is 2.90 bits per heavy atom. The molecule has 21 heavy (non-hydrogen) atoms. The lowest BCUT2D eigenvalue weighted by molar-refractivity contribution is -0.0563. The first-order valence-electron chi connectivity index (χ1n) is 6.66. The average Bonchev–Trinajstić information content (AvgIpc) is 2.94. The molecule has 1 saturated heterocycles. The lowest BCUT2D eigenvalue weighted by Crippen LogP contribution is -2.34. The van der Waals surface area contributed by atoms with Crippen molar-refractivity contribution < 1.29 is 20.1 Å². The molecule has 5 N–H and O–H groups in total. The van der Waals surface area contributed by atoms with Gasteiger partial charge in [0.1, 0.15) is 29.7 Å². The van der Waals surface area contributed by atoms with E-state index in [0.29, 0.717) is 17.6 Å². The second kappa shape index (κ2) is 4.10. The Hall–Kier alpha value is -1.81. The molecule has 3 unspecified atom stereocenters. The third-order valence-corrected chi connectivity index (χ3v) is 4.43. The van der Waals surface area contributed by atoms with Crippen molar-refractivity contribution in [2.45, 2.75) is 30.5 Å². The van der Waals surface area contributed by atoms with E-state index in [2.05, 4.69) is 15.0 Å². The van der Waals surface area contributed by atoms with Crippen LogP contribution >= 0.6 is 0 Å². The number of hydrogen-bond acceptors (Lipinski definition) is 8. The fraction of sp³-hybridized carbons (Fsp3) is 0.583. The van der Waals surface area contributed by atoms with E-state index in [4.69, 9.17) is 10.5 Å². The van der Waals surface area contributed by atoms with E-state index in [9.17, 15) is 15.3 Å². The molecule has 9 nitrogen and oxygen atoms in total. The molecule has 1 aliphatic heterocycles. The highest BCUT2D eigenvalue weighted by molar-refractivity contribution is 5.81. The summed E-state index contributed by atoms with van der Waals surface area (Å²) in [5.41, 5.74) is 5.69. The maximum absolute atomic E-state index is 10.3. The number of imidazole rings is 1. The summed E-state index contributed by atoms with van der Waals surface area (Å²) >= 11 is 0. The predicted octanol–water partition coefficient (Wildman–Crippen LogP) is -1.59. The standard InChI is InChI=1S/C12H15N5O4/c13-9-6-10(15-3-14-9)17(4-16-6)11-7(19)8(20)12(21-11)1-5(12)2-18/h3-5,7-8,11,18-20H,1-2H2,(H2,13,14,15)/t5-,7?,8?,11?,12+/m1/s1. The minimum absolute atomic E-state index is 0.0870. The molecule has 2 aliphatic rings. The normalized spacial score (nSPS) is 38.4. The van der Waals surface area contributed by atoms with Crippen molar-refractivity contribution in [3.63, 3.8) is 0 Å². The van der Waals surface area contributed by atoms with Gasteiger partial charge in [-0.05, 0) is 6.42 Å². The number of nitrogens with zero attached hydrogens (tertiary/aromatic N) is 4. The van der Waals surface area contributed by atoms with Crippen LogP contribution in [0.15, 0.2) is 12.7 Å². The molecule has 3 heterocycles. The molecular formula is C12H15N5O4. The zero-order valence-electron chi connectivity index (χ0n) is 11.0. The Morgan fingerprint density at radius 1 is 1.38 bits per heavy atom. The van der Waals surface area contributed by atoms with Crippen LogP contribution in [0.4, 0.5) is 5.82 Å². The lowest BCUT2D eigenvalue weighted by atomic mass is 10.1. The van der Waals surface area contributed by atoms with Gasteiger partial charge < -0.3 is 25.8 Å². The molecular weight excluding hydrogens is 278 g/mol. The van der Waals surface area contributed by atoms with Crippen LogP contribution in [0, 0.1) is 5.92 Å². The van der Waals surface area contributed by atoms with Crippen molar-refractivity contribution in [1.82, 2.24) is 19.5 Å². The maximum Gasteiger partial charge on any atom is 0.167 e. The number of ether oxygens (including phenoxy) is 1. The van der Waals surface area contributed by atoms with Gasteiger partial charge in [-0.25, -0.2) is 15.0 Å². The summed E-state index contributed by atoms with van der Waals surface area (Å²) in [6.45, 7) is -0.0870. The summed E-state index contributed by atoms with van der Waals surface area (Å²) in [6.07, 6.45) is 0.257. The number of nitrogens with two attached hydrogens (primary N) is 1. The highest BCUT2D eigenvalue weighted by atomic mass is 16.6. The Balaban J connectivity index is 1.75. The molecule has 1 aliphatic carbocycles. The first-order valence-corrected chi connectivity index (χ1v) is 6.66. The first kappa shape index (κ1) is 12.9. The Bertz CT molecular complexity index is 706. The van der Waals surface area contributed by atoms with Crippen LogP contribution in [0.3, 0.4) is 0 Å². The van der Waals surface area contributed by atoms with Gasteiger partial charge in [0.05, 0.1) is 6.33 Å². The summed E-state index contributed by atoms with van der Waals surface area (Å²) in [6, 6.07) is 0. The molecule has 0 amide bonds. The van der Waals surface area contributed by atoms with Gasteiger partial charge in [0.2, 0.25) is 0 Å². The van der Waals surface area contributed by atoms with Crippen molar-refractivity contribution >= 4 is 17.0 Å². The first-order chi connectivity index (χ1) is 10.1. The Kier molecular flexibility index (Phi) is 2.52. The van der Waals surface area contributed by atoms with Gasteiger partial charge >= 0.3 is 0 Å². The summed E-state index contributed by atoms with van der Waals surface area (Å²) in [4.78, 5) is 12.1. The molecule has 0 bridgehead atoms. The topological polar surface area (TPSA) is 140 Å². The number of aliphatic hydroxyl groups excluding tert-OH is 3. The molecule has 9 heteroatoms. The summed E-state index contributed by atoms with van der Waals surface area (Å²) in [5.74, 6) is 0.0720. The number of hydrogen-bond donors (Lipinski definition) is 4. The van der Waals surface area contributed by atoms with Crippen LogP contribution in [0.1, 0.15) is 12.6 Å². The molecule has 2 fully saturated rings. The van der Waals surface area contributed by atoms with Crippen molar-refractivity contribution in [3.05, 3.63) is 12.7 Å². The van der Waals surface area contributed by atoms with E-state index in [1.165, 1.54) is 17.2 Å². The third kappa shape index (κ3) is 1.57. The van der Waals surface area contributed by atoms with Gasteiger partial charge in [0.15, 0.2) is 17.7 Å². The Morgan fingerprint density at radius 2 is 2.19 bits per heavy atom. The monoisotopic (exact) mass is 293 g/mol. The van der Waals surface area contributed by atoms with Crippen LogP contribution in [0.25, 0.3) is 11.2 Å². The van der Waals surface area contributed by atoms with Crippen molar-refractivity contribution in [2.75, 3.05) is 12.3 Å². The minimum atomic E-state index is -1.13. The van der Waals surface area contributed by atoms with Crippen LogP contribution in [0.5, 0.6) is 0 Å². The maximum atomic E-state index is 10.3. The lowest BCUT2D eigenvalue weighted by Gasteiger charge is -2.16. The molecule has 2 aromatic rings. The molecule has 5 atom stereocenters. The molecule has 1 spiro atoms. The van der Waals surface area contributed by atoms with Crippen LogP contribution in [0.2, 0.25) is 0 Å². The van der Waals surface area contributed by atoms with E-state index < -0.39 is 24.0 Å². The van der Waals surface area contributed by atoms with E-state index >= 15 is 0 Å². The van der Waals surface area contributed by atoms with Gasteiger partial charge in [0.25, 0.3) is 0 Å². The molecule has 0 radical (unpaired) electrons. The highest BCUT2D eigenvalue weighted by Gasteiger charge is 2.68. The van der Waals surface area contributed by atoms with Crippen molar-refractivity contribution in [2.24, 2.45) is 5.92 Å². The van der Waals surface area contributed by atoms with Gasteiger partial charge in [-0.15, -0.1) is 0 Å². The smallest absolute Gasteiger partial charge is 0.167 e. The summed E-state index contributed by atoms with van der Waals surface area (Å²) in [7, 11) is 0. The van der Waals surface area contributed by atoms with E-state index in [0.717, 1.165) is 0 Å². The predicted molar refractivity (Wildman–Crippen MR) is 69.8 cm³/mol. The fourth-order valence-corrected chi connectivity index (χ4v) is 3.14. The molecule has 1 saturated carbocycles. The summed E-state index contributed by atoms with van der Waals surface area (Å²) < 4.78 is 7.37. The number of anilines is 1. The average molecular weight is 293 g/mol. The highest BCUT2D eigenvalue weighted by Crippen LogP contribution is 2.57. The molecule has 0 aromatic carbocycles. The van der Waals surface area contributed by atoms with Crippen molar-refractivity contribution in [1.29, 1.82) is 0 Å². The molecule has 4 rings (SSSR count). The molecule has 112 valence electrons. The van der Waals surface area contributed by atoms with Gasteiger partial charge in [-0.1, -0.05) is 0 Å². The summed E-state index contributed by atoms with van der Waals surface area (Å²) in [5, 5.41) is 29.7. The molecule has 2 aromatic heterocycles. The van der Waals surface area contributed by atoms with Crippen molar-refractivity contribution in [3.8, 4) is 0 Å². The number of fused-ring (bicyclic) bond motifs is 1. The van der Waals surface area contributed by atoms with E-state index in [1.807, 2.05) is 0 Å². The second-order valence-electron chi connectivity index (χ2n) is 5.57. The number of rotatable bonds is 2. The van der Waals surface area contributed by atoms with Crippen LogP contribution < -0.4 is 5.73 Å². The van der Waals surface area contributed by atoms with Gasteiger partial charge in [-0.3, -0.25) is 4.57 Å². The zero-order valence-corrected chi connectivity index (χ0v) is 11.0. The minimum Gasteiger partial charge on any atom is -0.396 e. The SMILES string of the molecule is Nc1ncnc2c1ncn2C1O[C@]2(C[C@@H]2CO)C(O)C1O. The fourth-order valence-electron chi connectivity index (χ4n) is 3.14. The number of aromatic nitrogens is 4. The van der Waals surface area contributed by atoms with Crippen LogP contribution in [-0.4, -0.2) is 59.3 Å². The van der Waals surface area contributed by atoms with Gasteiger partial charge in [-0.2, -0.15) is 0 Å². The van der Waals surface area contributed by atoms with Crippen LogP contribution in [-0.2, 0) is 4.74 Å². The second-order valence-corrected chi connectivity index (χ2v) is 5.57. The third-order valence-electron chi connectivity index (χ3n) is 4.43. The van der Waals surface area contributed by atoms with E-state index in [-0.39, 0.29) is 18.3 Å². The zero-order chi connectivity index (χ0) is 14.8.